The van der Waals surface area contributed by atoms with Crippen molar-refractivity contribution in [3.05, 3.63) is 29.8 Å². The number of carboxylic acids is 1. The maximum absolute atomic E-state index is 10.2. The number of carbonyl (C=O) groups is 1. The van der Waals surface area contributed by atoms with Crippen molar-refractivity contribution in [3.8, 4) is 0 Å². The Balaban J connectivity index is 0.00000121. The van der Waals surface area contributed by atoms with Crippen LogP contribution in [-0.4, -0.2) is 8.98 Å². The second kappa shape index (κ2) is 6.10. The number of benzene rings is 1. The van der Waals surface area contributed by atoms with Crippen LogP contribution in [0, 0.1) is 0 Å². The zero-order chi connectivity index (χ0) is 8.27. The molecule has 0 bridgehead atoms. The van der Waals surface area contributed by atoms with Gasteiger partial charge in [0.1, 0.15) is 0 Å². The van der Waals surface area contributed by atoms with Crippen molar-refractivity contribution in [1.29, 1.82) is 0 Å². The van der Waals surface area contributed by atoms with Crippen molar-refractivity contribution >= 4 is 9.04 Å². The van der Waals surface area contributed by atoms with Crippen LogP contribution in [0.15, 0.2) is 24.3 Å². The number of hydrogen-bond donors (Lipinski definition) is 1. The zero-order valence-electron chi connectivity index (χ0n) is 6.78. The Morgan fingerprint density at radius 1 is 1.33 bits per heavy atom. The van der Waals surface area contributed by atoms with E-state index in [-0.39, 0.29) is 35.1 Å². The van der Waals surface area contributed by atoms with Crippen LogP contribution in [0.2, 0.25) is 0 Å². The molecule has 1 rings (SSSR count). The summed E-state index contributed by atoms with van der Waals surface area (Å²) in [5, 5.41) is 10.2. The van der Waals surface area contributed by atoms with E-state index in [9.17, 15) is 9.90 Å². The number of rotatable bonds is 2. The van der Waals surface area contributed by atoms with Crippen LogP contribution < -0.4 is 37.7 Å². The normalized spacial score (nSPS) is 8.08. The van der Waals surface area contributed by atoms with Crippen molar-refractivity contribution < 1.29 is 67.5 Å². The Hall–Kier alpha value is 0.585. The van der Waals surface area contributed by atoms with Gasteiger partial charge in [-0.2, -0.15) is 0 Å². The number of carboxylic acid groups (broad SMARTS) is 1. The second-order valence-corrected chi connectivity index (χ2v) is 6.55. The first-order chi connectivity index (χ1) is 5.24. The minimum absolute atomic E-state index is 0. The summed E-state index contributed by atoms with van der Waals surface area (Å²) in [6.45, 7) is 0. The third-order valence-corrected chi connectivity index (χ3v) is 4.62. The molecule has 0 unspecified atom stereocenters. The molecule has 0 saturated carbocycles. The fourth-order valence-corrected chi connectivity index (χ4v) is 2.48. The van der Waals surface area contributed by atoms with Crippen LogP contribution in [0.25, 0.3) is 0 Å². The van der Waals surface area contributed by atoms with E-state index in [0.717, 1.165) is 3.07 Å². The number of hydrogen-bond acceptors (Lipinski definition) is 3. The van der Waals surface area contributed by atoms with E-state index in [2.05, 4.69) is 0 Å². The molecule has 0 aliphatic carbocycles. The summed E-state index contributed by atoms with van der Waals surface area (Å²) < 4.78 is 9.74. The molecule has 0 radical (unpaired) electrons. The summed E-state index contributed by atoms with van der Waals surface area (Å²) >= 11 is -1.81. The van der Waals surface area contributed by atoms with Gasteiger partial charge in [0.05, 0.1) is 0 Å². The minimum atomic E-state index is -1.81. The maximum atomic E-state index is 10.2. The third kappa shape index (κ3) is 3.54. The Kier molecular flexibility index (Phi) is 6.40. The van der Waals surface area contributed by atoms with Gasteiger partial charge in [-0.3, -0.25) is 0 Å². The van der Waals surface area contributed by atoms with E-state index < -0.39 is 31.0 Å². The van der Waals surface area contributed by atoms with Crippen LogP contribution in [0.5, 0.6) is 0 Å². The SMILES string of the molecule is O=C([O-])c1cc[c]([Hg][OH])cc1.[Na+]. The van der Waals surface area contributed by atoms with Gasteiger partial charge in [0.2, 0.25) is 0 Å². The number of carbonyl (C=O) groups excluding carboxylic acids is 1. The molecule has 0 aliphatic rings. The molecule has 0 atom stereocenters. The zero-order valence-corrected chi connectivity index (χ0v) is 14.3. The van der Waals surface area contributed by atoms with Gasteiger partial charge in [-0.05, 0) is 0 Å². The van der Waals surface area contributed by atoms with E-state index >= 15 is 0 Å². The summed E-state index contributed by atoms with van der Waals surface area (Å²) in [5.74, 6) is -1.17. The van der Waals surface area contributed by atoms with Crippen LogP contribution in [0.1, 0.15) is 10.4 Å². The first kappa shape index (κ1) is 12.6. The topological polar surface area (TPSA) is 60.4 Å². The Morgan fingerprint density at radius 2 is 1.83 bits per heavy atom. The molecular formula is C7H5HgNaO3. The summed E-state index contributed by atoms with van der Waals surface area (Å²) in [6, 6.07) is 6.21. The van der Waals surface area contributed by atoms with Crippen LogP contribution in [-0.2, 0) is 25.0 Å². The van der Waals surface area contributed by atoms with Gasteiger partial charge in [-0.25, -0.2) is 0 Å². The summed E-state index contributed by atoms with van der Waals surface area (Å²) in [6.07, 6.45) is 0. The van der Waals surface area contributed by atoms with E-state index in [4.69, 9.17) is 3.01 Å². The molecule has 1 aromatic rings. The second-order valence-electron chi connectivity index (χ2n) is 2.14. The summed E-state index contributed by atoms with van der Waals surface area (Å²) in [7, 11) is 0. The molecule has 0 amide bonds. The molecule has 3 nitrogen and oxygen atoms in total. The predicted octanol–water partition coefficient (Wildman–Crippen LogP) is -4.33. The van der Waals surface area contributed by atoms with E-state index in [1.165, 1.54) is 12.1 Å². The van der Waals surface area contributed by atoms with Gasteiger partial charge in [0.25, 0.3) is 0 Å². The fourth-order valence-electron chi connectivity index (χ4n) is 0.746. The molecule has 0 heterocycles. The summed E-state index contributed by atoms with van der Waals surface area (Å²) in [4.78, 5) is 10.2. The molecule has 0 spiro atoms. The van der Waals surface area contributed by atoms with Gasteiger partial charge < -0.3 is 0 Å². The molecular weight excluding hydrogens is 356 g/mol. The van der Waals surface area contributed by atoms with Crippen molar-refractivity contribution in [3.63, 3.8) is 0 Å². The quantitative estimate of drug-likeness (QED) is 0.543. The van der Waals surface area contributed by atoms with Gasteiger partial charge in [0, 0.05) is 0 Å². The smallest absolute Gasteiger partial charge is 1.00 e. The Morgan fingerprint density at radius 3 is 2.17 bits per heavy atom. The molecule has 5 heteroatoms. The molecule has 1 N–H and O–H groups in total. The van der Waals surface area contributed by atoms with Crippen LogP contribution in [0.4, 0.5) is 0 Å². The monoisotopic (exact) mass is 362 g/mol. The Bertz CT molecular complexity index is 260. The van der Waals surface area contributed by atoms with Gasteiger partial charge in [-0.15, -0.1) is 0 Å². The Labute approximate surface area is 105 Å². The van der Waals surface area contributed by atoms with E-state index in [1.807, 2.05) is 0 Å². The minimum Gasteiger partial charge on any atom is 1.00 e. The molecule has 0 fully saturated rings. The van der Waals surface area contributed by atoms with E-state index in [1.54, 1.807) is 12.1 Å². The molecule has 1 aromatic carbocycles. The maximum Gasteiger partial charge on any atom is 1.00 e. The average Bonchev–Trinajstić information content (AvgIpc) is 2.05. The fraction of sp³-hybridized carbons (Fsp3) is 0. The van der Waals surface area contributed by atoms with Crippen molar-refractivity contribution in [2.75, 3.05) is 0 Å². The first-order valence-electron chi connectivity index (χ1n) is 3.15. The molecule has 12 heavy (non-hydrogen) atoms. The van der Waals surface area contributed by atoms with Gasteiger partial charge in [0.15, 0.2) is 0 Å². The van der Waals surface area contributed by atoms with Gasteiger partial charge in [-0.1, -0.05) is 0 Å². The average molecular weight is 361 g/mol. The van der Waals surface area contributed by atoms with Crippen molar-refractivity contribution in [1.82, 2.24) is 0 Å². The first-order valence-corrected chi connectivity index (χ1v) is 8.36. The largest absolute Gasteiger partial charge is 1.00 e. The van der Waals surface area contributed by atoms with Crippen molar-refractivity contribution in [2.45, 2.75) is 0 Å². The molecule has 54 valence electrons. The predicted molar refractivity (Wildman–Crippen MR) is 32.6 cm³/mol. The van der Waals surface area contributed by atoms with Crippen molar-refractivity contribution in [2.24, 2.45) is 0 Å². The number of aromatic carboxylic acids is 1. The van der Waals surface area contributed by atoms with E-state index in [0.29, 0.717) is 0 Å². The molecule has 0 aliphatic heterocycles. The molecule has 0 aromatic heterocycles. The van der Waals surface area contributed by atoms with Crippen LogP contribution in [0.3, 0.4) is 0 Å². The standard InChI is InChI=1S/C7H5O2.Hg.Na.H2O/c8-7(9)6-4-2-1-3-5-6;;;/h2-5H,(H,8,9);;;1H2/q;2*+1;/p-2. The molecule has 0 saturated heterocycles. The van der Waals surface area contributed by atoms with Gasteiger partial charge >= 0.3 is 106 Å². The third-order valence-electron chi connectivity index (χ3n) is 1.37. The van der Waals surface area contributed by atoms with Crippen LogP contribution >= 0.6 is 0 Å². The summed E-state index contributed by atoms with van der Waals surface area (Å²) in [5.41, 5.74) is 0.163.